The summed E-state index contributed by atoms with van der Waals surface area (Å²) in [4.78, 5) is 16.8. The highest BCUT2D eigenvalue weighted by molar-refractivity contribution is 7.09. The Morgan fingerprint density at radius 1 is 1.43 bits per heavy atom. The first kappa shape index (κ1) is 18.4. The molecule has 0 radical (unpaired) electrons. The molecule has 0 bridgehead atoms. The van der Waals surface area contributed by atoms with Crippen molar-refractivity contribution in [3.63, 3.8) is 0 Å². The van der Waals surface area contributed by atoms with Crippen LogP contribution in [0.1, 0.15) is 57.7 Å². The molecule has 0 aromatic carbocycles. The number of piperidine rings is 1. The van der Waals surface area contributed by atoms with Crippen LogP contribution in [-0.4, -0.2) is 30.5 Å². The van der Waals surface area contributed by atoms with E-state index in [4.69, 9.17) is 0 Å². The van der Waals surface area contributed by atoms with Gasteiger partial charge in [-0.3, -0.25) is 4.79 Å². The quantitative estimate of drug-likeness (QED) is 0.838. The number of carbonyl (C=O) groups excluding carboxylic acids is 1. The third-order valence-electron chi connectivity index (χ3n) is 4.68. The zero-order valence-corrected chi connectivity index (χ0v) is 15.8. The molecular formula is C18H31N3OS. The molecule has 0 aliphatic carbocycles. The smallest absolute Gasteiger partial charge is 0.220 e. The van der Waals surface area contributed by atoms with E-state index in [1.165, 1.54) is 12.8 Å². The molecule has 1 amide bonds. The lowest BCUT2D eigenvalue weighted by atomic mass is 9.84. The van der Waals surface area contributed by atoms with Crippen molar-refractivity contribution < 1.29 is 4.79 Å². The molecule has 0 spiro atoms. The van der Waals surface area contributed by atoms with Crippen molar-refractivity contribution in [3.05, 3.63) is 16.1 Å². The van der Waals surface area contributed by atoms with Gasteiger partial charge in [-0.25, -0.2) is 4.98 Å². The zero-order chi connectivity index (χ0) is 16.9. The van der Waals surface area contributed by atoms with Crippen molar-refractivity contribution in [2.45, 2.75) is 58.8 Å². The van der Waals surface area contributed by atoms with Crippen LogP contribution in [0.3, 0.4) is 0 Å². The first-order chi connectivity index (χ1) is 10.9. The Kier molecular flexibility index (Phi) is 6.60. The van der Waals surface area contributed by atoms with Crippen LogP contribution in [0, 0.1) is 11.8 Å². The number of nitrogens with one attached hydrogen (secondary N) is 2. The molecule has 1 aliphatic rings. The normalized spacial score (nSPS) is 17.9. The summed E-state index contributed by atoms with van der Waals surface area (Å²) in [5, 5.41) is 9.69. The minimum atomic E-state index is 0.0995. The van der Waals surface area contributed by atoms with Gasteiger partial charge < -0.3 is 10.6 Å². The van der Waals surface area contributed by atoms with Crippen LogP contribution >= 0.6 is 11.3 Å². The second-order valence-corrected chi connectivity index (χ2v) is 8.69. The average Bonchev–Trinajstić information content (AvgIpc) is 2.97. The van der Waals surface area contributed by atoms with Crippen LogP contribution in [0.15, 0.2) is 5.38 Å². The number of aromatic nitrogens is 1. The van der Waals surface area contributed by atoms with E-state index in [1.807, 2.05) is 0 Å². The topological polar surface area (TPSA) is 54.0 Å². The third-order valence-corrected chi connectivity index (χ3v) is 5.59. The predicted octanol–water partition coefficient (Wildman–Crippen LogP) is 3.13. The van der Waals surface area contributed by atoms with Gasteiger partial charge in [-0.15, -0.1) is 11.3 Å². The van der Waals surface area contributed by atoms with E-state index < -0.39 is 0 Å². The molecule has 1 aromatic rings. The summed E-state index contributed by atoms with van der Waals surface area (Å²) in [5.41, 5.74) is 1.24. The van der Waals surface area contributed by atoms with Crippen LogP contribution in [-0.2, 0) is 16.6 Å². The number of amides is 1. The lowest BCUT2D eigenvalue weighted by Gasteiger charge is -2.27. The van der Waals surface area contributed by atoms with E-state index in [-0.39, 0.29) is 11.3 Å². The summed E-state index contributed by atoms with van der Waals surface area (Å²) < 4.78 is 0. The number of nitrogens with zero attached hydrogens (tertiary/aromatic N) is 1. The summed E-state index contributed by atoms with van der Waals surface area (Å²) in [7, 11) is 0. The molecule has 4 nitrogen and oxygen atoms in total. The second kappa shape index (κ2) is 8.25. The van der Waals surface area contributed by atoms with Crippen LogP contribution < -0.4 is 10.6 Å². The van der Waals surface area contributed by atoms with Gasteiger partial charge in [0.2, 0.25) is 5.91 Å². The summed E-state index contributed by atoms with van der Waals surface area (Å²) in [6.45, 7) is 11.6. The molecule has 2 heterocycles. The average molecular weight is 338 g/mol. The Bertz CT molecular complexity index is 501. The van der Waals surface area contributed by atoms with Crippen molar-refractivity contribution in [1.82, 2.24) is 15.6 Å². The zero-order valence-electron chi connectivity index (χ0n) is 14.9. The van der Waals surface area contributed by atoms with Crippen LogP contribution in [0.25, 0.3) is 0 Å². The Morgan fingerprint density at radius 3 is 2.74 bits per heavy atom. The highest BCUT2D eigenvalue weighted by Gasteiger charge is 2.22. The number of carbonyl (C=O) groups is 1. The first-order valence-corrected chi connectivity index (χ1v) is 9.66. The predicted molar refractivity (Wildman–Crippen MR) is 96.9 cm³/mol. The summed E-state index contributed by atoms with van der Waals surface area (Å²) in [6.07, 6.45) is 3.87. The molecule has 2 rings (SSSR count). The molecule has 1 atom stereocenters. The lowest BCUT2D eigenvalue weighted by Crippen LogP contribution is -2.34. The van der Waals surface area contributed by atoms with Gasteiger partial charge in [0, 0.05) is 30.2 Å². The van der Waals surface area contributed by atoms with Gasteiger partial charge in [0.15, 0.2) is 0 Å². The SMILES string of the molecule is CC(CC(=O)NCCc1nc(C(C)(C)C)cs1)C1CCNCC1. The van der Waals surface area contributed by atoms with Crippen LogP contribution in [0.5, 0.6) is 0 Å². The van der Waals surface area contributed by atoms with Crippen molar-refractivity contribution in [2.24, 2.45) is 11.8 Å². The highest BCUT2D eigenvalue weighted by atomic mass is 32.1. The fraction of sp³-hybridized carbons (Fsp3) is 0.778. The van der Waals surface area contributed by atoms with Gasteiger partial charge >= 0.3 is 0 Å². The first-order valence-electron chi connectivity index (χ1n) is 8.78. The van der Waals surface area contributed by atoms with Gasteiger partial charge in [-0.05, 0) is 37.8 Å². The fourth-order valence-corrected chi connectivity index (χ4v) is 4.05. The monoisotopic (exact) mass is 337 g/mol. The summed E-state index contributed by atoms with van der Waals surface area (Å²) in [5.74, 6) is 1.35. The van der Waals surface area contributed by atoms with Gasteiger partial charge in [0.05, 0.1) is 10.7 Å². The Hall–Kier alpha value is -0.940. The Morgan fingerprint density at radius 2 is 2.13 bits per heavy atom. The van der Waals surface area contributed by atoms with E-state index in [0.717, 1.165) is 30.2 Å². The lowest BCUT2D eigenvalue weighted by molar-refractivity contribution is -0.122. The molecular weight excluding hydrogens is 306 g/mol. The van der Waals surface area contributed by atoms with E-state index in [2.05, 4.69) is 48.7 Å². The minimum Gasteiger partial charge on any atom is -0.356 e. The number of hydrogen-bond donors (Lipinski definition) is 2. The standard InChI is InChI=1S/C18H31N3OS/c1-13(14-5-8-19-9-6-14)11-16(22)20-10-7-17-21-15(12-23-17)18(2,3)4/h12-14,19H,5-11H2,1-4H3,(H,20,22). The molecule has 23 heavy (non-hydrogen) atoms. The second-order valence-electron chi connectivity index (χ2n) is 7.75. The van der Waals surface area contributed by atoms with Gasteiger partial charge in [0.25, 0.3) is 0 Å². The van der Waals surface area contributed by atoms with Crippen molar-refractivity contribution in [1.29, 1.82) is 0 Å². The Balaban J connectivity index is 1.69. The molecule has 1 aliphatic heterocycles. The molecule has 1 aromatic heterocycles. The third kappa shape index (κ3) is 5.88. The molecule has 1 fully saturated rings. The molecule has 2 N–H and O–H groups in total. The van der Waals surface area contributed by atoms with Gasteiger partial charge in [0.1, 0.15) is 0 Å². The Labute approximate surface area is 144 Å². The van der Waals surface area contributed by atoms with Crippen LogP contribution in [0.2, 0.25) is 0 Å². The van der Waals surface area contributed by atoms with Crippen molar-refractivity contribution >= 4 is 17.2 Å². The molecule has 130 valence electrons. The summed E-state index contributed by atoms with van der Waals surface area (Å²) >= 11 is 1.70. The maximum atomic E-state index is 12.1. The van der Waals surface area contributed by atoms with E-state index in [9.17, 15) is 4.79 Å². The van der Waals surface area contributed by atoms with Crippen LogP contribution in [0.4, 0.5) is 0 Å². The van der Waals surface area contributed by atoms with Gasteiger partial charge in [-0.1, -0.05) is 27.7 Å². The number of thiazole rings is 1. The molecule has 5 heteroatoms. The summed E-state index contributed by atoms with van der Waals surface area (Å²) in [6, 6.07) is 0. The highest BCUT2D eigenvalue weighted by Crippen LogP contribution is 2.25. The maximum Gasteiger partial charge on any atom is 0.220 e. The van der Waals surface area contributed by atoms with E-state index >= 15 is 0 Å². The van der Waals surface area contributed by atoms with E-state index in [0.29, 0.717) is 24.8 Å². The van der Waals surface area contributed by atoms with Crippen molar-refractivity contribution in [3.8, 4) is 0 Å². The maximum absolute atomic E-state index is 12.1. The number of rotatable bonds is 6. The largest absolute Gasteiger partial charge is 0.356 e. The molecule has 1 unspecified atom stereocenters. The molecule has 1 saturated heterocycles. The van der Waals surface area contributed by atoms with Crippen molar-refractivity contribution in [2.75, 3.05) is 19.6 Å². The molecule has 0 saturated carbocycles. The number of hydrogen-bond acceptors (Lipinski definition) is 4. The minimum absolute atomic E-state index is 0.0995. The van der Waals surface area contributed by atoms with Gasteiger partial charge in [-0.2, -0.15) is 0 Å². The fourth-order valence-electron chi connectivity index (χ4n) is 3.02. The van der Waals surface area contributed by atoms with E-state index in [1.54, 1.807) is 11.3 Å².